The molecule has 4 N–H and O–H groups in total. The van der Waals surface area contributed by atoms with Gasteiger partial charge in [0.25, 0.3) is 0 Å². The average molecular weight is 547 g/mol. The molecule has 3 aromatic carbocycles. The van der Waals surface area contributed by atoms with Gasteiger partial charge in [-0.25, -0.2) is 4.39 Å². The molecule has 0 radical (unpaired) electrons. The quantitative estimate of drug-likeness (QED) is 0.249. The van der Waals surface area contributed by atoms with Gasteiger partial charge in [-0.3, -0.25) is 10.2 Å². The van der Waals surface area contributed by atoms with E-state index < -0.39 is 18.0 Å². The molecule has 0 saturated carbocycles. The Kier molecular flexibility index (Phi) is 6.40. The topological polar surface area (TPSA) is 102 Å². The van der Waals surface area contributed by atoms with Crippen molar-refractivity contribution in [2.45, 2.75) is 32.0 Å². The number of nitrogens with one attached hydrogen (secondary N) is 3. The molecule has 3 heterocycles. The number of rotatable bonds is 5. The fourth-order valence-electron chi connectivity index (χ4n) is 5.73. The summed E-state index contributed by atoms with van der Waals surface area (Å²) in [5.41, 5.74) is 4.88. The van der Waals surface area contributed by atoms with Crippen LogP contribution >= 0.6 is 11.6 Å². The number of aliphatic hydroxyl groups is 1. The first kappa shape index (κ1) is 25.2. The molecule has 10 heteroatoms. The number of anilines is 2. The maximum absolute atomic E-state index is 14.5. The number of hydrogen-bond acceptors (Lipinski definition) is 4. The largest absolute Gasteiger partial charge is 0.389 e. The Morgan fingerprint density at radius 2 is 2.03 bits per heavy atom. The van der Waals surface area contributed by atoms with Crippen LogP contribution in [0.4, 0.5) is 15.8 Å². The second-order valence-corrected chi connectivity index (χ2v) is 10.4. The fraction of sp³-hybridized carbons (Fsp3) is 0.241. The number of H-pyrrole nitrogens is 1. The van der Waals surface area contributed by atoms with Crippen LogP contribution in [0.25, 0.3) is 21.9 Å². The number of benzene rings is 3. The van der Waals surface area contributed by atoms with Gasteiger partial charge in [-0.2, -0.15) is 0 Å². The molecular formula is C29H28ClFN6O2. The van der Waals surface area contributed by atoms with E-state index >= 15 is 0 Å². The van der Waals surface area contributed by atoms with Crippen molar-refractivity contribution in [2.75, 3.05) is 23.3 Å². The standard InChI is InChI=1S/C29H28ClFN6O2/c1-17(38)34-23-7-5-19(30)13-26(23)35-12-10-25(28(39)16-35)37-27-14-20(31)6-8-24(27)36(29(37)32)15-18-3-2-4-22-21(18)9-11-33-22/h2-9,11,13-14,25,28,32-33,39H,10,12,15-16H2,1H3,(H,34,38)/t25-,28-/m1/s1. The van der Waals surface area contributed by atoms with E-state index in [0.717, 1.165) is 27.7 Å². The number of hydrogen-bond donors (Lipinski definition) is 4. The zero-order chi connectivity index (χ0) is 27.3. The predicted octanol–water partition coefficient (Wildman–Crippen LogP) is 5.02. The van der Waals surface area contributed by atoms with Gasteiger partial charge in [0.1, 0.15) is 5.82 Å². The van der Waals surface area contributed by atoms with Gasteiger partial charge in [-0.05, 0) is 60.5 Å². The van der Waals surface area contributed by atoms with E-state index in [9.17, 15) is 14.3 Å². The molecule has 2 aromatic heterocycles. The summed E-state index contributed by atoms with van der Waals surface area (Å²) in [6.45, 7) is 2.68. The molecule has 1 aliphatic heterocycles. The lowest BCUT2D eigenvalue weighted by Crippen LogP contribution is -2.47. The third-order valence-electron chi connectivity index (χ3n) is 7.47. The van der Waals surface area contributed by atoms with E-state index in [1.165, 1.54) is 19.1 Å². The van der Waals surface area contributed by atoms with Crippen LogP contribution in [0.5, 0.6) is 0 Å². The van der Waals surface area contributed by atoms with E-state index in [1.807, 2.05) is 39.9 Å². The Balaban J connectivity index is 1.37. The molecule has 2 atom stereocenters. The average Bonchev–Trinajstić information content (AvgIpc) is 3.48. The summed E-state index contributed by atoms with van der Waals surface area (Å²) in [4.78, 5) is 16.9. The van der Waals surface area contributed by atoms with Crippen molar-refractivity contribution in [3.8, 4) is 0 Å². The molecule has 0 unspecified atom stereocenters. The SMILES string of the molecule is CC(=O)Nc1ccc(Cl)cc1N1CC[C@@H](n2c(=N)n(Cc3cccc4[nH]ccc34)c3ccc(F)cc32)[C@H](O)C1. The number of aromatic amines is 1. The van der Waals surface area contributed by atoms with E-state index in [-0.39, 0.29) is 18.1 Å². The normalized spacial score (nSPS) is 17.7. The summed E-state index contributed by atoms with van der Waals surface area (Å²) in [5, 5.41) is 25.0. The molecule has 0 aliphatic carbocycles. The highest BCUT2D eigenvalue weighted by atomic mass is 35.5. The van der Waals surface area contributed by atoms with Crippen LogP contribution < -0.4 is 15.8 Å². The van der Waals surface area contributed by atoms with Crippen molar-refractivity contribution in [3.63, 3.8) is 0 Å². The fourth-order valence-corrected chi connectivity index (χ4v) is 5.90. The van der Waals surface area contributed by atoms with Gasteiger partial charge in [0.05, 0.1) is 41.1 Å². The lowest BCUT2D eigenvalue weighted by molar-refractivity contribution is -0.114. The van der Waals surface area contributed by atoms with Crippen LogP contribution in [0.3, 0.4) is 0 Å². The van der Waals surface area contributed by atoms with Gasteiger partial charge in [0.2, 0.25) is 11.5 Å². The minimum Gasteiger partial charge on any atom is -0.389 e. The van der Waals surface area contributed by atoms with Crippen molar-refractivity contribution in [3.05, 3.63) is 88.9 Å². The first-order valence-corrected chi connectivity index (χ1v) is 13.2. The van der Waals surface area contributed by atoms with Crippen molar-refractivity contribution in [1.29, 1.82) is 5.41 Å². The maximum atomic E-state index is 14.5. The van der Waals surface area contributed by atoms with Crippen LogP contribution in [0.2, 0.25) is 5.02 Å². The maximum Gasteiger partial charge on any atom is 0.221 e. The Morgan fingerprint density at radius 1 is 1.18 bits per heavy atom. The lowest BCUT2D eigenvalue weighted by Gasteiger charge is -2.38. The monoisotopic (exact) mass is 546 g/mol. The zero-order valence-electron chi connectivity index (χ0n) is 21.3. The van der Waals surface area contributed by atoms with E-state index in [1.54, 1.807) is 28.8 Å². The summed E-state index contributed by atoms with van der Waals surface area (Å²) >= 11 is 6.26. The zero-order valence-corrected chi connectivity index (χ0v) is 22.0. The first-order valence-electron chi connectivity index (χ1n) is 12.8. The number of carbonyl (C=O) groups excluding carboxylic acids is 1. The lowest BCUT2D eigenvalue weighted by atomic mass is 10.00. The smallest absolute Gasteiger partial charge is 0.221 e. The van der Waals surface area contributed by atoms with E-state index in [2.05, 4.69) is 10.3 Å². The molecule has 1 aliphatic rings. The molecule has 8 nitrogen and oxygen atoms in total. The van der Waals surface area contributed by atoms with E-state index in [4.69, 9.17) is 17.0 Å². The molecule has 6 rings (SSSR count). The number of aliphatic hydroxyl groups excluding tert-OH is 1. The Labute approximate surface area is 228 Å². The summed E-state index contributed by atoms with van der Waals surface area (Å²) in [7, 11) is 0. The first-order chi connectivity index (χ1) is 18.8. The number of β-amino-alcohol motifs (C(OH)–C–C–N with tert-alkyl or cyclic N) is 1. The van der Waals surface area contributed by atoms with Gasteiger partial charge in [-0.1, -0.05) is 23.7 Å². The molecule has 5 aromatic rings. The van der Waals surface area contributed by atoms with Crippen LogP contribution in [-0.4, -0.2) is 44.3 Å². The molecule has 1 saturated heterocycles. The van der Waals surface area contributed by atoms with Crippen molar-refractivity contribution in [1.82, 2.24) is 14.1 Å². The summed E-state index contributed by atoms with van der Waals surface area (Å²) in [5.74, 6) is -0.597. The summed E-state index contributed by atoms with van der Waals surface area (Å²) in [6, 6.07) is 17.3. The number of fused-ring (bicyclic) bond motifs is 2. The number of carbonyl (C=O) groups is 1. The number of nitrogens with zero attached hydrogens (tertiary/aromatic N) is 3. The third-order valence-corrected chi connectivity index (χ3v) is 7.71. The second kappa shape index (κ2) is 9.91. The van der Waals surface area contributed by atoms with Crippen molar-refractivity contribution < 1.29 is 14.3 Å². The number of amides is 1. The van der Waals surface area contributed by atoms with Crippen LogP contribution in [-0.2, 0) is 11.3 Å². The molecule has 0 bridgehead atoms. The molecule has 39 heavy (non-hydrogen) atoms. The predicted molar refractivity (Wildman–Crippen MR) is 151 cm³/mol. The van der Waals surface area contributed by atoms with Gasteiger partial charge >= 0.3 is 0 Å². The van der Waals surface area contributed by atoms with E-state index in [0.29, 0.717) is 35.7 Å². The number of aromatic nitrogens is 3. The van der Waals surface area contributed by atoms with Crippen molar-refractivity contribution >= 4 is 50.8 Å². The molecule has 200 valence electrons. The van der Waals surface area contributed by atoms with Gasteiger partial charge in [0, 0.05) is 42.1 Å². The number of halogens is 2. The van der Waals surface area contributed by atoms with Gasteiger partial charge in [-0.15, -0.1) is 0 Å². The highest BCUT2D eigenvalue weighted by Crippen LogP contribution is 2.35. The minimum absolute atomic E-state index is 0.197. The Morgan fingerprint density at radius 3 is 2.82 bits per heavy atom. The molecular weight excluding hydrogens is 519 g/mol. The second-order valence-electron chi connectivity index (χ2n) is 9.98. The Hall–Kier alpha value is -4.08. The molecule has 1 amide bonds. The number of imidazole rings is 1. The van der Waals surface area contributed by atoms with Gasteiger partial charge < -0.3 is 29.4 Å². The van der Waals surface area contributed by atoms with Crippen LogP contribution in [0.15, 0.2) is 66.9 Å². The minimum atomic E-state index is -0.854. The summed E-state index contributed by atoms with van der Waals surface area (Å²) < 4.78 is 18.1. The van der Waals surface area contributed by atoms with Gasteiger partial charge in [0.15, 0.2) is 0 Å². The number of piperidine rings is 1. The van der Waals surface area contributed by atoms with Crippen LogP contribution in [0, 0.1) is 11.2 Å². The highest BCUT2D eigenvalue weighted by molar-refractivity contribution is 6.31. The van der Waals surface area contributed by atoms with Crippen molar-refractivity contribution in [2.24, 2.45) is 0 Å². The Bertz CT molecular complexity index is 1770. The van der Waals surface area contributed by atoms with Crippen LogP contribution in [0.1, 0.15) is 24.9 Å². The summed E-state index contributed by atoms with van der Waals surface area (Å²) in [6.07, 6.45) is 1.54. The molecule has 0 spiro atoms. The molecule has 1 fully saturated rings. The highest BCUT2D eigenvalue weighted by Gasteiger charge is 2.32. The third kappa shape index (κ3) is 4.57.